The van der Waals surface area contributed by atoms with Gasteiger partial charge in [-0.25, -0.2) is 8.78 Å². The van der Waals surface area contributed by atoms with E-state index in [-0.39, 0.29) is 28.5 Å². The van der Waals surface area contributed by atoms with Gasteiger partial charge in [0, 0.05) is 24.9 Å². The second-order valence-corrected chi connectivity index (χ2v) is 10.4. The molecule has 5 nitrogen and oxygen atoms in total. The summed E-state index contributed by atoms with van der Waals surface area (Å²) in [7, 11) is 0. The zero-order valence-electron chi connectivity index (χ0n) is 18.8. The van der Waals surface area contributed by atoms with Crippen molar-refractivity contribution in [3.05, 3.63) is 47.7 Å². The van der Waals surface area contributed by atoms with Gasteiger partial charge in [0.1, 0.15) is 11.6 Å². The van der Waals surface area contributed by atoms with E-state index < -0.39 is 17.0 Å². The number of carbonyl (C=O) groups is 1. The maximum absolute atomic E-state index is 14.3. The first-order valence-electron chi connectivity index (χ1n) is 11.4. The Bertz CT molecular complexity index is 1030. The molecule has 1 aromatic carbocycles. The molecule has 2 saturated heterocycles. The molecule has 4 atom stereocenters. The lowest BCUT2D eigenvalue weighted by molar-refractivity contribution is -0.146. The van der Waals surface area contributed by atoms with E-state index in [0.29, 0.717) is 11.8 Å². The molecule has 0 bridgehead atoms. The molecule has 0 spiro atoms. The quantitative estimate of drug-likeness (QED) is 0.707. The van der Waals surface area contributed by atoms with E-state index in [1.165, 1.54) is 18.2 Å². The Morgan fingerprint density at radius 2 is 1.78 bits per heavy atom. The molecular weight excluding hydrogens is 412 g/mol. The summed E-state index contributed by atoms with van der Waals surface area (Å²) in [5.41, 5.74) is 0.00492. The van der Waals surface area contributed by atoms with Gasteiger partial charge in [0.25, 0.3) is 0 Å². The van der Waals surface area contributed by atoms with Crippen molar-refractivity contribution in [1.29, 1.82) is 0 Å². The van der Waals surface area contributed by atoms with Crippen LogP contribution in [0.15, 0.2) is 30.5 Å². The summed E-state index contributed by atoms with van der Waals surface area (Å²) in [5.74, 6) is -0.180. The summed E-state index contributed by atoms with van der Waals surface area (Å²) in [6, 6.07) is 5.51. The molecular formula is C25H29F2N3O2. The number of benzene rings is 1. The van der Waals surface area contributed by atoms with Gasteiger partial charge in [0.05, 0.1) is 36.1 Å². The molecule has 32 heavy (non-hydrogen) atoms. The molecule has 2 aliphatic heterocycles. The predicted molar refractivity (Wildman–Crippen MR) is 116 cm³/mol. The second kappa shape index (κ2) is 7.58. The van der Waals surface area contributed by atoms with E-state index in [2.05, 4.69) is 31.0 Å². The summed E-state index contributed by atoms with van der Waals surface area (Å²) >= 11 is 0. The Morgan fingerprint density at radius 1 is 1.12 bits per heavy atom. The third kappa shape index (κ3) is 3.16. The summed E-state index contributed by atoms with van der Waals surface area (Å²) in [5, 5.41) is 8.07. The van der Waals surface area contributed by atoms with Crippen molar-refractivity contribution < 1.29 is 18.3 Å². The lowest BCUT2D eigenvalue weighted by Crippen LogP contribution is -2.48. The van der Waals surface area contributed by atoms with Crippen molar-refractivity contribution in [2.45, 2.75) is 39.5 Å². The van der Waals surface area contributed by atoms with Crippen molar-refractivity contribution in [3.63, 3.8) is 0 Å². The van der Waals surface area contributed by atoms with E-state index in [0.717, 1.165) is 44.7 Å². The average molecular weight is 442 g/mol. The van der Waals surface area contributed by atoms with Crippen LogP contribution in [0.5, 0.6) is 0 Å². The van der Waals surface area contributed by atoms with Crippen LogP contribution in [0.4, 0.5) is 8.78 Å². The van der Waals surface area contributed by atoms with Crippen LogP contribution < -0.4 is 0 Å². The number of aromatic nitrogens is 2. The first-order valence-corrected chi connectivity index (χ1v) is 11.4. The highest BCUT2D eigenvalue weighted by atomic mass is 19.1. The maximum Gasteiger partial charge on any atom is 0.229 e. The molecule has 1 aromatic heterocycles. The number of fused-ring (bicyclic) bond motifs is 1. The molecule has 3 fully saturated rings. The number of hydrogen-bond donors (Lipinski definition) is 0. The van der Waals surface area contributed by atoms with Crippen LogP contribution in [0.2, 0.25) is 0 Å². The molecule has 2 unspecified atom stereocenters. The third-order valence-electron chi connectivity index (χ3n) is 8.52. The van der Waals surface area contributed by atoms with E-state index in [9.17, 15) is 13.6 Å². The first-order chi connectivity index (χ1) is 15.2. The Morgan fingerprint density at radius 3 is 2.44 bits per heavy atom. The summed E-state index contributed by atoms with van der Waals surface area (Å²) in [4.78, 5) is 15.8. The molecule has 0 radical (unpaired) electrons. The third-order valence-corrected chi connectivity index (χ3v) is 8.52. The molecule has 3 aliphatic rings. The van der Waals surface area contributed by atoms with Gasteiger partial charge < -0.3 is 9.64 Å². The predicted octanol–water partition coefficient (Wildman–Crippen LogP) is 4.44. The minimum atomic E-state index is -0.661. The molecule has 1 saturated carbocycles. The van der Waals surface area contributed by atoms with Crippen LogP contribution in [0.3, 0.4) is 0 Å². The molecule has 2 aromatic rings. The largest absolute Gasteiger partial charge is 0.381 e. The van der Waals surface area contributed by atoms with E-state index >= 15 is 0 Å². The van der Waals surface area contributed by atoms with Crippen LogP contribution in [-0.2, 0) is 9.53 Å². The van der Waals surface area contributed by atoms with Gasteiger partial charge in [-0.15, -0.1) is 0 Å². The molecule has 7 heteroatoms. The van der Waals surface area contributed by atoms with Crippen LogP contribution in [0.1, 0.15) is 45.1 Å². The zero-order valence-corrected chi connectivity index (χ0v) is 18.8. The van der Waals surface area contributed by atoms with Gasteiger partial charge in [-0.1, -0.05) is 26.8 Å². The normalized spacial score (nSPS) is 31.2. The summed E-state index contributed by atoms with van der Waals surface area (Å²) < 4.78 is 34.2. The molecule has 170 valence electrons. The van der Waals surface area contributed by atoms with Crippen LogP contribution in [0.25, 0.3) is 11.3 Å². The minimum Gasteiger partial charge on any atom is -0.381 e. The topological polar surface area (TPSA) is 55.3 Å². The SMILES string of the molecule is CC1(C)[C@@H](c2cnnc(-c3c(F)cccc3F)c2)CC[C@]1(C)C(=O)N1CC2COCC2C1. The number of ether oxygens (including phenoxy) is 1. The lowest BCUT2D eigenvalue weighted by Gasteiger charge is -2.42. The summed E-state index contributed by atoms with van der Waals surface area (Å²) in [6.07, 6.45) is 3.24. The van der Waals surface area contributed by atoms with Crippen molar-refractivity contribution in [2.75, 3.05) is 26.3 Å². The number of carbonyl (C=O) groups excluding carboxylic acids is 1. The highest BCUT2D eigenvalue weighted by Gasteiger charge is 2.58. The fourth-order valence-corrected chi connectivity index (χ4v) is 6.11. The van der Waals surface area contributed by atoms with Gasteiger partial charge in [0.2, 0.25) is 5.91 Å². The fourth-order valence-electron chi connectivity index (χ4n) is 6.11. The molecule has 1 amide bonds. The number of nitrogens with zero attached hydrogens (tertiary/aromatic N) is 3. The Hall–Kier alpha value is -2.41. The molecule has 0 N–H and O–H groups in total. The van der Waals surface area contributed by atoms with Crippen LogP contribution >= 0.6 is 0 Å². The number of amides is 1. The average Bonchev–Trinajstić information content (AvgIpc) is 3.41. The van der Waals surface area contributed by atoms with Crippen molar-refractivity contribution >= 4 is 5.91 Å². The van der Waals surface area contributed by atoms with Crippen molar-refractivity contribution in [3.8, 4) is 11.3 Å². The maximum atomic E-state index is 14.3. The Kier molecular flexibility index (Phi) is 5.08. The van der Waals surface area contributed by atoms with Crippen LogP contribution in [0, 0.1) is 34.3 Å². The van der Waals surface area contributed by atoms with E-state index in [1.54, 1.807) is 12.3 Å². The monoisotopic (exact) mass is 441 g/mol. The number of likely N-dealkylation sites (tertiary alicyclic amines) is 1. The zero-order chi connectivity index (χ0) is 22.7. The Labute approximate surface area is 187 Å². The van der Waals surface area contributed by atoms with Gasteiger partial charge in [-0.2, -0.15) is 10.2 Å². The molecule has 5 rings (SSSR count). The number of rotatable bonds is 3. The minimum absolute atomic E-state index is 0.0333. The van der Waals surface area contributed by atoms with Crippen LogP contribution in [-0.4, -0.2) is 47.3 Å². The van der Waals surface area contributed by atoms with Gasteiger partial charge in [0.15, 0.2) is 0 Å². The van der Waals surface area contributed by atoms with Crippen molar-refractivity contribution in [2.24, 2.45) is 22.7 Å². The van der Waals surface area contributed by atoms with E-state index in [4.69, 9.17) is 4.74 Å². The standard InChI is InChI=1S/C25H29F2N3O2/c1-24(2)18(15-9-21(29-28-10-15)22-19(26)5-4-6-20(22)27)7-8-25(24,3)23(31)30-11-16-13-32-14-17(16)12-30/h4-6,9-10,16-18H,7-8,11-14H2,1-3H3/t16?,17?,18-,25-/m1/s1. The van der Waals surface area contributed by atoms with Crippen molar-refractivity contribution in [1.82, 2.24) is 15.1 Å². The molecule has 3 heterocycles. The highest BCUT2D eigenvalue weighted by molar-refractivity contribution is 5.84. The lowest BCUT2D eigenvalue weighted by atomic mass is 9.63. The first kappa shape index (κ1) is 21.4. The number of halogens is 2. The van der Waals surface area contributed by atoms with Gasteiger partial charge in [-0.05, 0) is 47.9 Å². The summed E-state index contributed by atoms with van der Waals surface area (Å²) in [6.45, 7) is 9.37. The smallest absolute Gasteiger partial charge is 0.229 e. The second-order valence-electron chi connectivity index (χ2n) is 10.4. The Balaban J connectivity index is 1.43. The van der Waals surface area contributed by atoms with Gasteiger partial charge >= 0.3 is 0 Å². The van der Waals surface area contributed by atoms with Gasteiger partial charge in [-0.3, -0.25) is 4.79 Å². The molecule has 1 aliphatic carbocycles. The highest BCUT2D eigenvalue weighted by Crippen LogP contribution is 2.61. The fraction of sp³-hybridized carbons (Fsp3) is 0.560. The number of hydrogen-bond acceptors (Lipinski definition) is 4. The van der Waals surface area contributed by atoms with E-state index in [1.807, 2.05) is 4.90 Å².